The topological polar surface area (TPSA) is 113 Å². The third-order valence-electron chi connectivity index (χ3n) is 5.64. The lowest BCUT2D eigenvalue weighted by molar-refractivity contribution is -0.137. The number of nitrogens with one attached hydrogen (secondary N) is 1. The predicted molar refractivity (Wildman–Crippen MR) is 113 cm³/mol. The zero-order valence-electron chi connectivity index (χ0n) is 18.3. The molecule has 1 unspecified atom stereocenters. The number of aliphatic hydroxyl groups is 1. The molecule has 2 N–H and O–H groups in total. The van der Waals surface area contributed by atoms with E-state index in [1.165, 1.54) is 12.4 Å². The molecule has 0 spiro atoms. The van der Waals surface area contributed by atoms with Crippen LogP contribution in [0.4, 0.5) is 13.2 Å². The lowest BCUT2D eigenvalue weighted by Gasteiger charge is -2.25. The Kier molecular flexibility index (Phi) is 6.09. The van der Waals surface area contributed by atoms with Gasteiger partial charge < -0.3 is 15.3 Å². The molecular formula is C22H21F3N6O3. The van der Waals surface area contributed by atoms with Crippen LogP contribution in [0.5, 0.6) is 0 Å². The first-order valence-corrected chi connectivity index (χ1v) is 10.4. The van der Waals surface area contributed by atoms with Crippen LogP contribution in [0.15, 0.2) is 36.9 Å². The summed E-state index contributed by atoms with van der Waals surface area (Å²) in [7, 11) is 0. The molecule has 34 heavy (non-hydrogen) atoms. The van der Waals surface area contributed by atoms with Gasteiger partial charge in [0.05, 0.1) is 24.4 Å². The maximum absolute atomic E-state index is 13.1. The van der Waals surface area contributed by atoms with Gasteiger partial charge in [-0.1, -0.05) is 0 Å². The van der Waals surface area contributed by atoms with Crippen molar-refractivity contribution in [2.75, 3.05) is 13.2 Å². The maximum atomic E-state index is 13.1. The van der Waals surface area contributed by atoms with Gasteiger partial charge >= 0.3 is 6.18 Å². The highest BCUT2D eigenvalue weighted by Gasteiger charge is 2.35. The van der Waals surface area contributed by atoms with Crippen molar-refractivity contribution < 1.29 is 27.9 Å². The van der Waals surface area contributed by atoms with Crippen LogP contribution in [0.1, 0.15) is 56.1 Å². The molecule has 12 heteroatoms. The van der Waals surface area contributed by atoms with Gasteiger partial charge in [-0.3, -0.25) is 14.6 Å². The Labute approximate surface area is 192 Å². The van der Waals surface area contributed by atoms with E-state index in [-0.39, 0.29) is 37.1 Å². The molecule has 1 aliphatic rings. The van der Waals surface area contributed by atoms with Crippen LogP contribution in [-0.4, -0.2) is 54.7 Å². The van der Waals surface area contributed by atoms with Crippen molar-refractivity contribution in [3.05, 3.63) is 70.4 Å². The Bertz CT molecular complexity index is 1260. The lowest BCUT2D eigenvalue weighted by Crippen LogP contribution is -2.29. The van der Waals surface area contributed by atoms with Crippen molar-refractivity contribution in [1.82, 2.24) is 30.0 Å². The van der Waals surface area contributed by atoms with Crippen molar-refractivity contribution in [1.29, 1.82) is 0 Å². The van der Waals surface area contributed by atoms with E-state index in [0.29, 0.717) is 22.3 Å². The number of aryl methyl sites for hydroxylation is 1. The van der Waals surface area contributed by atoms with Crippen LogP contribution in [0.2, 0.25) is 0 Å². The number of carbonyl (C=O) groups is 2. The van der Waals surface area contributed by atoms with E-state index < -0.39 is 23.7 Å². The number of carbonyl (C=O) groups excluding carboxylic acids is 2. The second-order valence-corrected chi connectivity index (χ2v) is 7.85. The maximum Gasteiger partial charge on any atom is 0.419 e. The van der Waals surface area contributed by atoms with Gasteiger partial charge in [-0.25, -0.2) is 9.67 Å². The molecule has 3 aromatic heterocycles. The summed E-state index contributed by atoms with van der Waals surface area (Å²) in [5.74, 6) is -0.508. The van der Waals surface area contributed by atoms with Gasteiger partial charge in [0, 0.05) is 42.8 Å². The monoisotopic (exact) mass is 474 g/mol. The minimum absolute atomic E-state index is 0.0657. The molecule has 0 aromatic carbocycles. The lowest BCUT2D eigenvalue weighted by atomic mass is 10.1. The SMILES string of the molecule is Cc1cc(C(C)N2Cc3c(ccnc3C(=O)NCCO)C2=O)cnc1-n1cc(C(F)(F)F)cn1. The number of amides is 2. The molecule has 0 bridgehead atoms. The highest BCUT2D eigenvalue weighted by molar-refractivity contribution is 6.03. The van der Waals surface area contributed by atoms with E-state index in [1.54, 1.807) is 30.9 Å². The molecule has 4 heterocycles. The molecule has 1 atom stereocenters. The van der Waals surface area contributed by atoms with Crippen LogP contribution in [0.3, 0.4) is 0 Å². The summed E-state index contributed by atoms with van der Waals surface area (Å²) in [5.41, 5.74) is 1.36. The van der Waals surface area contributed by atoms with Crippen LogP contribution < -0.4 is 5.32 Å². The normalized spacial score (nSPS) is 14.3. The zero-order chi connectivity index (χ0) is 24.6. The van der Waals surface area contributed by atoms with E-state index >= 15 is 0 Å². The molecule has 9 nitrogen and oxygen atoms in total. The van der Waals surface area contributed by atoms with E-state index in [0.717, 1.165) is 17.1 Å². The minimum Gasteiger partial charge on any atom is -0.395 e. The van der Waals surface area contributed by atoms with Gasteiger partial charge in [0.2, 0.25) is 0 Å². The molecule has 3 aromatic rings. The molecule has 4 rings (SSSR count). The fourth-order valence-electron chi connectivity index (χ4n) is 3.83. The Hall–Kier alpha value is -3.80. The molecule has 0 saturated heterocycles. The summed E-state index contributed by atoms with van der Waals surface area (Å²) in [6.07, 6.45) is -0.0200. The van der Waals surface area contributed by atoms with Crippen molar-refractivity contribution in [2.24, 2.45) is 0 Å². The largest absolute Gasteiger partial charge is 0.419 e. The highest BCUT2D eigenvalue weighted by atomic mass is 19.4. The number of hydrogen-bond acceptors (Lipinski definition) is 6. The zero-order valence-corrected chi connectivity index (χ0v) is 18.3. The molecule has 0 saturated carbocycles. The van der Waals surface area contributed by atoms with Crippen LogP contribution in [0.25, 0.3) is 5.82 Å². The van der Waals surface area contributed by atoms with E-state index in [1.807, 2.05) is 0 Å². The average molecular weight is 474 g/mol. The molecule has 1 aliphatic heterocycles. The van der Waals surface area contributed by atoms with Crippen molar-refractivity contribution >= 4 is 11.8 Å². The smallest absolute Gasteiger partial charge is 0.395 e. The first-order chi connectivity index (χ1) is 16.1. The van der Waals surface area contributed by atoms with E-state index in [9.17, 15) is 22.8 Å². The quantitative estimate of drug-likeness (QED) is 0.568. The molecule has 0 radical (unpaired) electrons. The number of fused-ring (bicyclic) bond motifs is 1. The number of aromatic nitrogens is 4. The summed E-state index contributed by atoms with van der Waals surface area (Å²) in [4.78, 5) is 35.4. The minimum atomic E-state index is -4.51. The summed E-state index contributed by atoms with van der Waals surface area (Å²) >= 11 is 0. The van der Waals surface area contributed by atoms with Crippen LogP contribution in [-0.2, 0) is 12.7 Å². The van der Waals surface area contributed by atoms with Gasteiger partial charge in [-0.2, -0.15) is 18.3 Å². The Morgan fingerprint density at radius 2 is 2.06 bits per heavy atom. The number of aliphatic hydroxyl groups excluding tert-OH is 1. The van der Waals surface area contributed by atoms with Gasteiger partial charge in [-0.05, 0) is 37.1 Å². The second-order valence-electron chi connectivity index (χ2n) is 7.85. The van der Waals surface area contributed by atoms with Crippen LogP contribution >= 0.6 is 0 Å². The van der Waals surface area contributed by atoms with Gasteiger partial charge in [-0.15, -0.1) is 0 Å². The third kappa shape index (κ3) is 4.23. The number of rotatable bonds is 6. The summed E-state index contributed by atoms with van der Waals surface area (Å²) in [5, 5.41) is 15.2. The fourth-order valence-corrected chi connectivity index (χ4v) is 3.83. The van der Waals surface area contributed by atoms with E-state index in [2.05, 4.69) is 20.4 Å². The van der Waals surface area contributed by atoms with Crippen LogP contribution in [0, 0.1) is 6.92 Å². The first kappa shape index (κ1) is 23.4. The Morgan fingerprint density at radius 1 is 1.29 bits per heavy atom. The number of nitrogens with zero attached hydrogens (tertiary/aromatic N) is 5. The highest BCUT2D eigenvalue weighted by Crippen LogP contribution is 2.33. The Morgan fingerprint density at radius 3 is 2.71 bits per heavy atom. The molecule has 0 fully saturated rings. The fraction of sp³-hybridized carbons (Fsp3) is 0.318. The molecule has 0 aliphatic carbocycles. The summed E-state index contributed by atoms with van der Waals surface area (Å²) in [6, 6.07) is 2.86. The standard InChI is InChI=1S/C22H21F3N6O3/c1-12-7-14(8-28-19(12)31-10-15(9-29-31)22(23,24)25)13(2)30-11-17-16(21(30)34)3-4-26-18(17)20(33)27-5-6-32/h3-4,7-10,13,32H,5-6,11H2,1-2H3,(H,27,33). The Balaban J connectivity index is 1.58. The molecule has 178 valence electrons. The summed E-state index contributed by atoms with van der Waals surface area (Å²) < 4.78 is 39.8. The van der Waals surface area contributed by atoms with Gasteiger partial charge in [0.15, 0.2) is 5.82 Å². The predicted octanol–water partition coefficient (Wildman–Crippen LogP) is 2.43. The first-order valence-electron chi connectivity index (χ1n) is 10.4. The number of halogens is 3. The van der Waals surface area contributed by atoms with Gasteiger partial charge in [0.1, 0.15) is 5.69 Å². The molecular weight excluding hydrogens is 453 g/mol. The molecule has 2 amide bonds. The summed E-state index contributed by atoms with van der Waals surface area (Å²) in [6.45, 7) is 3.49. The number of alkyl halides is 3. The third-order valence-corrected chi connectivity index (χ3v) is 5.64. The number of hydrogen-bond donors (Lipinski definition) is 2. The van der Waals surface area contributed by atoms with Crippen molar-refractivity contribution in [3.63, 3.8) is 0 Å². The van der Waals surface area contributed by atoms with E-state index in [4.69, 9.17) is 5.11 Å². The van der Waals surface area contributed by atoms with Gasteiger partial charge in [0.25, 0.3) is 11.8 Å². The van der Waals surface area contributed by atoms with Crippen molar-refractivity contribution in [2.45, 2.75) is 32.6 Å². The van der Waals surface area contributed by atoms with Crippen molar-refractivity contribution in [3.8, 4) is 5.82 Å². The average Bonchev–Trinajstić information content (AvgIpc) is 3.42. The second kappa shape index (κ2) is 8.86. The number of pyridine rings is 2.